The Balaban J connectivity index is 2.52. The fourth-order valence-electron chi connectivity index (χ4n) is 2.91. The highest BCUT2D eigenvalue weighted by atomic mass is 32.1. The van der Waals surface area contributed by atoms with Gasteiger partial charge in [-0.2, -0.15) is 0 Å². The van der Waals surface area contributed by atoms with E-state index in [4.69, 9.17) is 26.4 Å². The minimum absolute atomic E-state index is 0.311. The van der Waals surface area contributed by atoms with Crippen LogP contribution in [0.5, 0.6) is 11.5 Å². The minimum Gasteiger partial charge on any atom is -0.493 e. The first-order valence-corrected chi connectivity index (χ1v) is 9.24. The lowest BCUT2D eigenvalue weighted by molar-refractivity contribution is -0.139. The Morgan fingerprint density at radius 1 is 1.19 bits per heavy atom. The number of rotatable bonds is 8. The molecule has 7 heteroatoms. The van der Waals surface area contributed by atoms with E-state index in [0.29, 0.717) is 41.8 Å². The number of carbonyl (C=O) groups excluding carboxylic acids is 1. The van der Waals surface area contributed by atoms with E-state index in [-0.39, 0.29) is 5.97 Å². The second-order valence-corrected chi connectivity index (χ2v) is 6.15. The van der Waals surface area contributed by atoms with Crippen molar-refractivity contribution in [3.8, 4) is 11.5 Å². The van der Waals surface area contributed by atoms with Gasteiger partial charge in [-0.3, -0.25) is 0 Å². The van der Waals surface area contributed by atoms with Crippen molar-refractivity contribution in [2.24, 2.45) is 0 Å². The molecule has 1 heterocycles. The molecular weight excluding hydrogens is 352 g/mol. The highest BCUT2D eigenvalue weighted by molar-refractivity contribution is 7.80. The molecule has 1 aromatic rings. The van der Waals surface area contributed by atoms with Crippen LogP contribution in [0.15, 0.2) is 29.5 Å². The monoisotopic (exact) mass is 378 g/mol. The first-order valence-electron chi connectivity index (χ1n) is 8.84. The molecular formula is C19H26N2O4S. The lowest BCUT2D eigenvalue weighted by Gasteiger charge is -2.31. The summed E-state index contributed by atoms with van der Waals surface area (Å²) in [6, 6.07) is 5.19. The Kier molecular flexibility index (Phi) is 7.26. The van der Waals surface area contributed by atoms with E-state index in [1.165, 1.54) is 0 Å². The lowest BCUT2D eigenvalue weighted by Crippen LogP contribution is -2.45. The molecule has 0 aromatic heterocycles. The van der Waals surface area contributed by atoms with Crippen molar-refractivity contribution < 1.29 is 19.0 Å². The summed E-state index contributed by atoms with van der Waals surface area (Å²) in [6.07, 6.45) is 1.59. The van der Waals surface area contributed by atoms with Gasteiger partial charge in [0.1, 0.15) is 0 Å². The molecule has 0 spiro atoms. The van der Waals surface area contributed by atoms with Gasteiger partial charge in [0.25, 0.3) is 0 Å². The molecule has 2 rings (SSSR count). The van der Waals surface area contributed by atoms with Gasteiger partial charge in [-0.15, -0.1) is 0 Å². The van der Waals surface area contributed by atoms with Crippen molar-refractivity contribution in [2.45, 2.75) is 39.7 Å². The first-order chi connectivity index (χ1) is 12.5. The third-order valence-electron chi connectivity index (χ3n) is 3.97. The van der Waals surface area contributed by atoms with Crippen LogP contribution in [0, 0.1) is 0 Å². The largest absolute Gasteiger partial charge is 0.493 e. The summed E-state index contributed by atoms with van der Waals surface area (Å²) in [6.45, 7) is 6.58. The third kappa shape index (κ3) is 4.46. The van der Waals surface area contributed by atoms with Crippen LogP contribution < -0.4 is 20.1 Å². The summed E-state index contributed by atoms with van der Waals surface area (Å²) in [5, 5.41) is 6.78. The standard InChI is InChI=1S/C19H26N2O4S/c1-5-8-13-16(18(22)25-7-3)17(21-19(26)20-13)12-9-10-14(23-4)15(11-12)24-6-2/h9-11,17H,5-8H2,1-4H3,(H2,20,21,26)/t17-/m1/s1. The molecule has 1 aliphatic rings. The van der Waals surface area contributed by atoms with Gasteiger partial charge < -0.3 is 24.8 Å². The Hall–Kier alpha value is -2.28. The van der Waals surface area contributed by atoms with Crippen molar-refractivity contribution in [1.82, 2.24) is 10.6 Å². The average Bonchev–Trinajstić information content (AvgIpc) is 2.62. The van der Waals surface area contributed by atoms with E-state index in [9.17, 15) is 4.79 Å². The molecule has 0 saturated heterocycles. The Morgan fingerprint density at radius 2 is 1.96 bits per heavy atom. The zero-order chi connectivity index (χ0) is 19.1. The average molecular weight is 378 g/mol. The number of carbonyl (C=O) groups is 1. The summed E-state index contributed by atoms with van der Waals surface area (Å²) in [4.78, 5) is 12.6. The lowest BCUT2D eigenvalue weighted by atomic mass is 9.93. The van der Waals surface area contributed by atoms with Gasteiger partial charge in [0.2, 0.25) is 0 Å². The fraction of sp³-hybridized carbons (Fsp3) is 0.474. The highest BCUT2D eigenvalue weighted by Crippen LogP contribution is 2.35. The molecule has 0 fully saturated rings. The Bertz CT molecular complexity index is 703. The molecule has 1 aliphatic heterocycles. The van der Waals surface area contributed by atoms with Crippen LogP contribution in [0.4, 0.5) is 0 Å². The number of hydrogen-bond donors (Lipinski definition) is 2. The van der Waals surface area contributed by atoms with Gasteiger partial charge in [-0.1, -0.05) is 19.4 Å². The zero-order valence-electron chi connectivity index (χ0n) is 15.7. The van der Waals surface area contributed by atoms with Crippen molar-refractivity contribution in [3.05, 3.63) is 35.0 Å². The fourth-order valence-corrected chi connectivity index (χ4v) is 3.15. The molecule has 0 bridgehead atoms. The van der Waals surface area contributed by atoms with Crippen molar-refractivity contribution in [2.75, 3.05) is 20.3 Å². The summed E-state index contributed by atoms with van der Waals surface area (Å²) in [7, 11) is 1.60. The van der Waals surface area contributed by atoms with Crippen LogP contribution in [-0.4, -0.2) is 31.4 Å². The molecule has 1 aromatic carbocycles. The van der Waals surface area contributed by atoms with Gasteiger partial charge in [0.05, 0.1) is 31.9 Å². The van der Waals surface area contributed by atoms with E-state index in [2.05, 4.69) is 17.6 Å². The van der Waals surface area contributed by atoms with Crippen molar-refractivity contribution >= 4 is 23.3 Å². The predicted molar refractivity (Wildman–Crippen MR) is 104 cm³/mol. The molecule has 6 nitrogen and oxygen atoms in total. The van der Waals surface area contributed by atoms with E-state index in [0.717, 1.165) is 17.7 Å². The Labute approximate surface area is 159 Å². The van der Waals surface area contributed by atoms with Gasteiger partial charge in [0.15, 0.2) is 16.6 Å². The van der Waals surface area contributed by atoms with Crippen molar-refractivity contribution in [3.63, 3.8) is 0 Å². The number of thiocarbonyl (C=S) groups is 1. The predicted octanol–water partition coefficient (Wildman–Crippen LogP) is 3.23. The van der Waals surface area contributed by atoms with Crippen LogP contribution in [0.3, 0.4) is 0 Å². The second kappa shape index (κ2) is 9.43. The molecule has 0 radical (unpaired) electrons. The molecule has 2 N–H and O–H groups in total. The number of esters is 1. The summed E-state index contributed by atoms with van der Waals surface area (Å²) in [5.41, 5.74) is 2.21. The second-order valence-electron chi connectivity index (χ2n) is 5.74. The molecule has 0 saturated carbocycles. The number of methoxy groups -OCH3 is 1. The van der Waals surface area contributed by atoms with Crippen LogP contribution in [0.2, 0.25) is 0 Å². The molecule has 142 valence electrons. The summed E-state index contributed by atoms with van der Waals surface area (Å²) in [5.74, 6) is 0.916. The molecule has 0 amide bonds. The number of hydrogen-bond acceptors (Lipinski definition) is 5. The van der Waals surface area contributed by atoms with E-state index in [1.54, 1.807) is 14.0 Å². The topological polar surface area (TPSA) is 68.8 Å². The quantitative estimate of drug-likeness (QED) is 0.532. The SMILES string of the molecule is CCCC1=C(C(=O)OCC)[C@@H](c2ccc(OC)c(OCC)c2)NC(=S)N1. The molecule has 0 aliphatic carbocycles. The maximum atomic E-state index is 12.6. The minimum atomic E-state index is -0.408. The van der Waals surface area contributed by atoms with Gasteiger partial charge >= 0.3 is 5.97 Å². The summed E-state index contributed by atoms with van der Waals surface area (Å²) < 4.78 is 16.3. The first kappa shape index (κ1) is 20.0. The van der Waals surface area contributed by atoms with Gasteiger partial charge in [0, 0.05) is 5.70 Å². The van der Waals surface area contributed by atoms with E-state index < -0.39 is 6.04 Å². The molecule has 0 unspecified atom stereocenters. The van der Waals surface area contributed by atoms with Crippen LogP contribution in [0.1, 0.15) is 45.2 Å². The zero-order valence-corrected chi connectivity index (χ0v) is 16.5. The molecule has 26 heavy (non-hydrogen) atoms. The van der Waals surface area contributed by atoms with Gasteiger partial charge in [-0.05, 0) is 50.2 Å². The molecule has 1 atom stereocenters. The van der Waals surface area contributed by atoms with Gasteiger partial charge in [-0.25, -0.2) is 4.79 Å². The van der Waals surface area contributed by atoms with E-state index in [1.807, 2.05) is 25.1 Å². The maximum Gasteiger partial charge on any atom is 0.338 e. The number of ether oxygens (including phenoxy) is 3. The van der Waals surface area contributed by atoms with E-state index >= 15 is 0 Å². The third-order valence-corrected chi connectivity index (χ3v) is 4.19. The number of allylic oxidation sites excluding steroid dienone is 1. The Morgan fingerprint density at radius 3 is 2.58 bits per heavy atom. The van der Waals surface area contributed by atoms with Crippen molar-refractivity contribution in [1.29, 1.82) is 0 Å². The van der Waals surface area contributed by atoms with Crippen LogP contribution in [-0.2, 0) is 9.53 Å². The van der Waals surface area contributed by atoms with Crippen LogP contribution >= 0.6 is 12.2 Å². The highest BCUT2D eigenvalue weighted by Gasteiger charge is 2.32. The number of nitrogens with one attached hydrogen (secondary N) is 2. The maximum absolute atomic E-state index is 12.6. The normalized spacial score (nSPS) is 16.6. The van der Waals surface area contributed by atoms with Crippen LogP contribution in [0.25, 0.3) is 0 Å². The smallest absolute Gasteiger partial charge is 0.338 e. The summed E-state index contributed by atoms with van der Waals surface area (Å²) >= 11 is 5.35. The number of benzene rings is 1.